The van der Waals surface area contributed by atoms with E-state index >= 15 is 0 Å². The van der Waals surface area contributed by atoms with Gasteiger partial charge in [0.2, 0.25) is 0 Å². The Balaban J connectivity index is 2.37. The van der Waals surface area contributed by atoms with Gasteiger partial charge in [0.1, 0.15) is 5.60 Å². The summed E-state index contributed by atoms with van der Waals surface area (Å²) in [6.45, 7) is 1.61. The number of benzene rings is 2. The van der Waals surface area contributed by atoms with Crippen LogP contribution < -0.4 is 0 Å². The molecule has 1 nitrogen and oxygen atoms in total. The lowest BCUT2D eigenvalue weighted by Crippen LogP contribution is -2.17. The van der Waals surface area contributed by atoms with Crippen molar-refractivity contribution in [2.45, 2.75) is 12.5 Å². The normalized spacial score (nSPS) is 13.7. The minimum atomic E-state index is -1.21. The molecule has 0 saturated heterocycles. The highest BCUT2D eigenvalue weighted by molar-refractivity contribution is 9.10. The molecule has 0 aliphatic heterocycles. The van der Waals surface area contributed by atoms with Crippen molar-refractivity contribution in [1.29, 1.82) is 0 Å². The van der Waals surface area contributed by atoms with Crippen LogP contribution in [0.3, 0.4) is 0 Å². The molecule has 2 aromatic rings. The molecule has 2 rings (SSSR count). The first-order valence-electron chi connectivity index (χ1n) is 5.59. The van der Waals surface area contributed by atoms with Gasteiger partial charge in [0.25, 0.3) is 0 Å². The van der Waals surface area contributed by atoms with Gasteiger partial charge in [-0.2, -0.15) is 0 Å². The van der Waals surface area contributed by atoms with Crippen molar-refractivity contribution in [2.75, 3.05) is 0 Å². The van der Waals surface area contributed by atoms with Crippen molar-refractivity contribution in [3.8, 4) is 23.5 Å². The summed E-state index contributed by atoms with van der Waals surface area (Å²) in [7, 11) is 0. The fourth-order valence-corrected chi connectivity index (χ4v) is 2.14. The van der Waals surface area contributed by atoms with Crippen molar-refractivity contribution in [2.24, 2.45) is 0 Å². The van der Waals surface area contributed by atoms with Gasteiger partial charge in [-0.1, -0.05) is 58.2 Å². The second-order valence-electron chi connectivity index (χ2n) is 4.30. The second kappa shape index (κ2) is 4.97. The van der Waals surface area contributed by atoms with E-state index in [9.17, 15) is 5.11 Å². The molecule has 0 bridgehead atoms. The molecular weight excluding hydrogens is 288 g/mol. The van der Waals surface area contributed by atoms with E-state index < -0.39 is 5.60 Å². The van der Waals surface area contributed by atoms with Gasteiger partial charge in [0, 0.05) is 4.47 Å². The summed E-state index contributed by atoms with van der Waals surface area (Å²) < 4.78 is 1.04. The van der Waals surface area contributed by atoms with Gasteiger partial charge in [-0.25, -0.2) is 0 Å². The monoisotopic (exact) mass is 300 g/mol. The molecule has 1 N–H and O–H groups in total. The third-order valence-electron chi connectivity index (χ3n) is 2.89. The maximum atomic E-state index is 9.96. The predicted octanol–water partition coefficient (Wildman–Crippen LogP) is 3.96. The van der Waals surface area contributed by atoms with E-state index in [1.54, 1.807) is 6.92 Å². The second-order valence-corrected chi connectivity index (χ2v) is 5.22. The van der Waals surface area contributed by atoms with E-state index in [0.717, 1.165) is 21.2 Å². The lowest BCUT2D eigenvalue weighted by atomic mass is 9.94. The van der Waals surface area contributed by atoms with Crippen LogP contribution in [0.25, 0.3) is 11.1 Å². The van der Waals surface area contributed by atoms with Crippen LogP contribution in [0.4, 0.5) is 0 Å². The third-order valence-corrected chi connectivity index (χ3v) is 3.38. The standard InChI is InChI=1S/C16H13BrO/c1-3-16(2,18)14-9-7-12(8-10-14)13-5-4-6-15(17)11-13/h1,4-11,18H,2H3. The Kier molecular flexibility index (Phi) is 3.56. The van der Waals surface area contributed by atoms with E-state index in [0.29, 0.717) is 0 Å². The van der Waals surface area contributed by atoms with Crippen LogP contribution in [0.15, 0.2) is 53.0 Å². The van der Waals surface area contributed by atoms with Crippen molar-refractivity contribution in [1.82, 2.24) is 0 Å². The highest BCUT2D eigenvalue weighted by atomic mass is 79.9. The number of halogens is 1. The van der Waals surface area contributed by atoms with Crippen molar-refractivity contribution >= 4 is 15.9 Å². The third kappa shape index (κ3) is 2.64. The highest BCUT2D eigenvalue weighted by Crippen LogP contribution is 2.26. The summed E-state index contributed by atoms with van der Waals surface area (Å²) in [5.41, 5.74) is 1.73. The SMILES string of the molecule is C#CC(C)(O)c1ccc(-c2cccc(Br)c2)cc1. The lowest BCUT2D eigenvalue weighted by molar-refractivity contribution is 0.122. The van der Waals surface area contributed by atoms with E-state index in [1.807, 2.05) is 48.5 Å². The van der Waals surface area contributed by atoms with E-state index in [-0.39, 0.29) is 0 Å². The summed E-state index contributed by atoms with van der Waals surface area (Å²) in [5.74, 6) is 2.37. The molecule has 0 aromatic heterocycles. The minimum absolute atomic E-state index is 0.726. The van der Waals surface area contributed by atoms with E-state index in [2.05, 4.69) is 21.9 Å². The molecule has 0 aliphatic carbocycles. The van der Waals surface area contributed by atoms with Crippen LogP contribution in [0.5, 0.6) is 0 Å². The number of rotatable bonds is 2. The van der Waals surface area contributed by atoms with Crippen LogP contribution in [0, 0.1) is 12.3 Å². The molecule has 18 heavy (non-hydrogen) atoms. The minimum Gasteiger partial charge on any atom is -0.374 e. The number of hydrogen-bond acceptors (Lipinski definition) is 1. The molecule has 1 atom stereocenters. The summed E-state index contributed by atoms with van der Waals surface area (Å²) >= 11 is 3.45. The summed E-state index contributed by atoms with van der Waals surface area (Å²) in [6.07, 6.45) is 5.30. The zero-order chi connectivity index (χ0) is 13.2. The molecule has 0 aliphatic rings. The molecule has 0 saturated carbocycles. The van der Waals surface area contributed by atoms with Crippen molar-refractivity contribution in [3.63, 3.8) is 0 Å². The van der Waals surface area contributed by atoms with Gasteiger partial charge in [-0.3, -0.25) is 0 Å². The fourth-order valence-electron chi connectivity index (χ4n) is 1.74. The highest BCUT2D eigenvalue weighted by Gasteiger charge is 2.18. The summed E-state index contributed by atoms with van der Waals surface area (Å²) in [5, 5.41) is 9.96. The average molecular weight is 301 g/mol. The fraction of sp³-hybridized carbons (Fsp3) is 0.125. The molecular formula is C16H13BrO. The Morgan fingerprint density at radius 2 is 1.78 bits per heavy atom. The smallest absolute Gasteiger partial charge is 0.147 e. The molecule has 2 aromatic carbocycles. The van der Waals surface area contributed by atoms with Crippen LogP contribution in [0.2, 0.25) is 0 Å². The van der Waals surface area contributed by atoms with Gasteiger partial charge in [0.05, 0.1) is 0 Å². The quantitative estimate of drug-likeness (QED) is 0.833. The Bertz CT molecular complexity index is 591. The first-order chi connectivity index (χ1) is 8.53. The van der Waals surface area contributed by atoms with Gasteiger partial charge in [-0.05, 0) is 35.7 Å². The van der Waals surface area contributed by atoms with Gasteiger partial charge in [-0.15, -0.1) is 6.42 Å². The van der Waals surface area contributed by atoms with Crippen LogP contribution in [0.1, 0.15) is 12.5 Å². The molecule has 1 unspecified atom stereocenters. The Morgan fingerprint density at radius 1 is 1.11 bits per heavy atom. The molecule has 0 amide bonds. The lowest BCUT2D eigenvalue weighted by Gasteiger charge is -2.17. The first-order valence-corrected chi connectivity index (χ1v) is 6.39. The summed E-state index contributed by atoms with van der Waals surface area (Å²) in [6, 6.07) is 15.7. The Hall–Kier alpha value is -1.56. The summed E-state index contributed by atoms with van der Waals surface area (Å²) in [4.78, 5) is 0. The van der Waals surface area contributed by atoms with E-state index in [1.165, 1.54) is 0 Å². The molecule has 90 valence electrons. The first kappa shape index (κ1) is 12.9. The van der Waals surface area contributed by atoms with Crippen LogP contribution >= 0.6 is 15.9 Å². The predicted molar refractivity (Wildman–Crippen MR) is 78.0 cm³/mol. The number of hydrogen-bond donors (Lipinski definition) is 1. The Labute approximate surface area is 116 Å². The average Bonchev–Trinajstić information content (AvgIpc) is 2.39. The van der Waals surface area contributed by atoms with Crippen molar-refractivity contribution < 1.29 is 5.11 Å². The van der Waals surface area contributed by atoms with Crippen molar-refractivity contribution in [3.05, 3.63) is 58.6 Å². The van der Waals surface area contributed by atoms with Gasteiger partial charge >= 0.3 is 0 Å². The molecule has 0 spiro atoms. The van der Waals surface area contributed by atoms with Gasteiger partial charge in [0.15, 0.2) is 0 Å². The van der Waals surface area contributed by atoms with Crippen LogP contribution in [-0.2, 0) is 5.60 Å². The number of terminal acetylenes is 1. The zero-order valence-electron chi connectivity index (χ0n) is 10.0. The van der Waals surface area contributed by atoms with E-state index in [4.69, 9.17) is 6.42 Å². The Morgan fingerprint density at radius 3 is 2.33 bits per heavy atom. The zero-order valence-corrected chi connectivity index (χ0v) is 11.6. The molecule has 0 fully saturated rings. The molecule has 0 radical (unpaired) electrons. The maximum Gasteiger partial charge on any atom is 0.147 e. The molecule has 0 heterocycles. The van der Waals surface area contributed by atoms with Crippen LogP contribution in [-0.4, -0.2) is 5.11 Å². The topological polar surface area (TPSA) is 20.2 Å². The largest absolute Gasteiger partial charge is 0.374 e. The maximum absolute atomic E-state index is 9.96. The van der Waals surface area contributed by atoms with Gasteiger partial charge < -0.3 is 5.11 Å². The number of aliphatic hydroxyl groups is 1. The molecule has 2 heteroatoms.